The van der Waals surface area contributed by atoms with Crippen LogP contribution in [-0.2, 0) is 11.2 Å². The second-order valence-corrected chi connectivity index (χ2v) is 6.39. The van der Waals surface area contributed by atoms with Crippen LogP contribution in [0.2, 0.25) is 0 Å². The Kier molecular flexibility index (Phi) is 6.05. The maximum absolute atomic E-state index is 12.0. The van der Waals surface area contributed by atoms with Gasteiger partial charge in [0, 0.05) is 42.0 Å². The van der Waals surface area contributed by atoms with E-state index in [9.17, 15) is 9.59 Å². The summed E-state index contributed by atoms with van der Waals surface area (Å²) in [6.45, 7) is 0.745. The molecule has 0 aliphatic rings. The number of amides is 2. The minimum atomic E-state index is -0.152. The van der Waals surface area contributed by atoms with E-state index >= 15 is 0 Å². The van der Waals surface area contributed by atoms with Gasteiger partial charge in [-0.25, -0.2) is 4.98 Å². The number of hydrogen-bond donors (Lipinski definition) is 2. The van der Waals surface area contributed by atoms with Crippen molar-refractivity contribution in [3.05, 3.63) is 71.5 Å². The molecule has 0 fully saturated rings. The summed E-state index contributed by atoms with van der Waals surface area (Å²) in [7, 11) is 0. The Labute approximate surface area is 155 Å². The van der Waals surface area contributed by atoms with E-state index in [0.717, 1.165) is 16.3 Å². The molecule has 3 rings (SSSR count). The lowest BCUT2D eigenvalue weighted by atomic mass is 10.2. The highest BCUT2D eigenvalue weighted by Crippen LogP contribution is 2.22. The molecule has 0 unspecified atom stereocenters. The van der Waals surface area contributed by atoms with E-state index in [1.54, 1.807) is 24.5 Å². The van der Waals surface area contributed by atoms with Crippen LogP contribution < -0.4 is 10.6 Å². The van der Waals surface area contributed by atoms with Gasteiger partial charge in [0.2, 0.25) is 5.91 Å². The van der Waals surface area contributed by atoms with Gasteiger partial charge in [-0.1, -0.05) is 18.2 Å². The molecule has 3 aromatic rings. The standard InChI is InChI=1S/C19H18N4O2S/c24-17(21-9-10-22-18(25)14-5-2-1-3-6-14)11-16-13-26-19(23-16)15-7-4-8-20-12-15/h1-8,12-13H,9-11H2,(H,21,24)(H,22,25). The molecule has 26 heavy (non-hydrogen) atoms. The zero-order valence-corrected chi connectivity index (χ0v) is 14.8. The van der Waals surface area contributed by atoms with Gasteiger partial charge in [0.05, 0.1) is 12.1 Å². The second-order valence-electron chi connectivity index (χ2n) is 5.53. The summed E-state index contributed by atoms with van der Waals surface area (Å²) in [4.78, 5) is 32.4. The van der Waals surface area contributed by atoms with Crippen LogP contribution in [0.5, 0.6) is 0 Å². The molecule has 0 atom stereocenters. The fourth-order valence-electron chi connectivity index (χ4n) is 2.31. The van der Waals surface area contributed by atoms with Crippen LogP contribution in [0.1, 0.15) is 16.1 Å². The lowest BCUT2D eigenvalue weighted by molar-refractivity contribution is -0.120. The minimum absolute atomic E-state index is 0.123. The molecule has 7 heteroatoms. The Balaban J connectivity index is 1.41. The van der Waals surface area contributed by atoms with Crippen molar-refractivity contribution in [2.24, 2.45) is 0 Å². The van der Waals surface area contributed by atoms with Crippen molar-refractivity contribution in [2.45, 2.75) is 6.42 Å². The number of thiazole rings is 1. The SMILES string of the molecule is O=C(Cc1csc(-c2cccnc2)n1)NCCNC(=O)c1ccccc1. The van der Waals surface area contributed by atoms with Gasteiger partial charge in [-0.15, -0.1) is 11.3 Å². The van der Waals surface area contributed by atoms with Gasteiger partial charge in [0.15, 0.2) is 0 Å². The number of hydrogen-bond acceptors (Lipinski definition) is 5. The summed E-state index contributed by atoms with van der Waals surface area (Å²) in [5.74, 6) is -0.276. The molecular weight excluding hydrogens is 348 g/mol. The van der Waals surface area contributed by atoms with Gasteiger partial charge in [0.25, 0.3) is 5.91 Å². The molecule has 2 amide bonds. The molecule has 132 valence electrons. The van der Waals surface area contributed by atoms with E-state index in [2.05, 4.69) is 20.6 Å². The smallest absolute Gasteiger partial charge is 0.251 e. The monoisotopic (exact) mass is 366 g/mol. The molecule has 2 N–H and O–H groups in total. The van der Waals surface area contributed by atoms with Gasteiger partial charge >= 0.3 is 0 Å². The largest absolute Gasteiger partial charge is 0.354 e. The van der Waals surface area contributed by atoms with Gasteiger partial charge in [-0.2, -0.15) is 0 Å². The Hall–Kier alpha value is -3.06. The van der Waals surface area contributed by atoms with Crippen LogP contribution in [-0.4, -0.2) is 34.9 Å². The average Bonchev–Trinajstić information content (AvgIpc) is 3.15. The molecule has 0 spiro atoms. The molecule has 0 saturated heterocycles. The van der Waals surface area contributed by atoms with Crippen LogP contribution in [0.25, 0.3) is 10.6 Å². The van der Waals surface area contributed by atoms with Gasteiger partial charge in [-0.05, 0) is 24.3 Å². The topological polar surface area (TPSA) is 84.0 Å². The Morgan fingerprint density at radius 2 is 1.81 bits per heavy atom. The van der Waals surface area contributed by atoms with Crippen LogP contribution in [0.4, 0.5) is 0 Å². The maximum atomic E-state index is 12.0. The van der Waals surface area contributed by atoms with E-state index in [1.165, 1.54) is 11.3 Å². The van der Waals surface area contributed by atoms with E-state index < -0.39 is 0 Å². The van der Waals surface area contributed by atoms with Gasteiger partial charge in [-0.3, -0.25) is 14.6 Å². The maximum Gasteiger partial charge on any atom is 0.251 e. The van der Waals surface area contributed by atoms with Crippen LogP contribution >= 0.6 is 11.3 Å². The Bertz CT molecular complexity index is 866. The van der Waals surface area contributed by atoms with Gasteiger partial charge < -0.3 is 10.6 Å². The van der Waals surface area contributed by atoms with Gasteiger partial charge in [0.1, 0.15) is 5.01 Å². The summed E-state index contributed by atoms with van der Waals surface area (Å²) < 4.78 is 0. The molecule has 0 bridgehead atoms. The average molecular weight is 366 g/mol. The predicted molar refractivity (Wildman–Crippen MR) is 101 cm³/mol. The molecule has 1 aromatic carbocycles. The van der Waals surface area contributed by atoms with Crippen molar-refractivity contribution in [2.75, 3.05) is 13.1 Å². The third-order valence-electron chi connectivity index (χ3n) is 3.57. The molecule has 6 nitrogen and oxygen atoms in total. The van der Waals surface area contributed by atoms with E-state index in [0.29, 0.717) is 18.7 Å². The number of carbonyl (C=O) groups is 2. The van der Waals surface area contributed by atoms with E-state index in [-0.39, 0.29) is 18.2 Å². The Morgan fingerprint density at radius 3 is 2.58 bits per heavy atom. The number of pyridine rings is 1. The Morgan fingerprint density at radius 1 is 1.00 bits per heavy atom. The molecule has 0 saturated carbocycles. The van der Waals surface area contributed by atoms with Crippen LogP contribution in [0, 0.1) is 0 Å². The van der Waals surface area contributed by atoms with Crippen molar-refractivity contribution >= 4 is 23.2 Å². The number of nitrogens with zero attached hydrogens (tertiary/aromatic N) is 2. The summed E-state index contributed by atoms with van der Waals surface area (Å²) in [5.41, 5.74) is 2.26. The minimum Gasteiger partial charge on any atom is -0.354 e. The normalized spacial score (nSPS) is 10.3. The second kappa shape index (κ2) is 8.87. The third kappa shape index (κ3) is 4.97. The summed E-state index contributed by atoms with van der Waals surface area (Å²) >= 11 is 1.49. The predicted octanol–water partition coefficient (Wildman–Crippen LogP) is 2.29. The van der Waals surface area contributed by atoms with Crippen molar-refractivity contribution in [3.8, 4) is 10.6 Å². The molecular formula is C19H18N4O2S. The first-order chi connectivity index (χ1) is 12.7. The summed E-state index contributed by atoms with van der Waals surface area (Å²) in [6.07, 6.45) is 3.67. The molecule has 0 radical (unpaired) electrons. The van der Waals surface area contributed by atoms with Crippen LogP contribution in [0.3, 0.4) is 0 Å². The lowest BCUT2D eigenvalue weighted by Gasteiger charge is -2.06. The van der Waals surface area contributed by atoms with E-state index in [1.807, 2.05) is 35.7 Å². The zero-order valence-electron chi connectivity index (χ0n) is 14.0. The van der Waals surface area contributed by atoms with E-state index in [4.69, 9.17) is 0 Å². The fourth-order valence-corrected chi connectivity index (χ4v) is 3.12. The highest BCUT2D eigenvalue weighted by atomic mass is 32.1. The molecule has 2 aromatic heterocycles. The van der Waals surface area contributed by atoms with Crippen LogP contribution in [0.15, 0.2) is 60.2 Å². The molecule has 0 aliphatic heterocycles. The number of aromatic nitrogens is 2. The number of nitrogens with one attached hydrogen (secondary N) is 2. The number of carbonyl (C=O) groups excluding carboxylic acids is 2. The first-order valence-electron chi connectivity index (χ1n) is 8.17. The first kappa shape index (κ1) is 17.8. The quantitative estimate of drug-likeness (QED) is 0.629. The summed E-state index contributed by atoms with van der Waals surface area (Å²) in [5, 5.41) is 8.27. The van der Waals surface area contributed by atoms with Crippen molar-refractivity contribution in [3.63, 3.8) is 0 Å². The summed E-state index contributed by atoms with van der Waals surface area (Å²) in [6, 6.07) is 12.8. The highest BCUT2D eigenvalue weighted by molar-refractivity contribution is 7.13. The first-order valence-corrected chi connectivity index (χ1v) is 9.05. The number of rotatable bonds is 7. The van der Waals surface area contributed by atoms with Crippen molar-refractivity contribution in [1.29, 1.82) is 0 Å². The fraction of sp³-hybridized carbons (Fsp3) is 0.158. The van der Waals surface area contributed by atoms with Crippen molar-refractivity contribution < 1.29 is 9.59 Å². The zero-order chi connectivity index (χ0) is 18.2. The third-order valence-corrected chi connectivity index (χ3v) is 4.51. The molecule has 0 aliphatic carbocycles. The number of benzene rings is 1. The molecule has 2 heterocycles. The lowest BCUT2D eigenvalue weighted by Crippen LogP contribution is -2.35. The highest BCUT2D eigenvalue weighted by Gasteiger charge is 2.09. The van der Waals surface area contributed by atoms with Crippen molar-refractivity contribution in [1.82, 2.24) is 20.6 Å².